The highest BCUT2D eigenvalue weighted by Gasteiger charge is 2.24. The minimum Gasteiger partial charge on any atom is -0.497 e. The molecule has 2 aliphatic rings. The highest BCUT2D eigenvalue weighted by Crippen LogP contribution is 2.28. The number of nitrogens with one attached hydrogen (secondary N) is 2. The summed E-state index contributed by atoms with van der Waals surface area (Å²) in [5.41, 5.74) is 1.29. The molecule has 0 radical (unpaired) electrons. The van der Waals surface area contributed by atoms with E-state index in [0.29, 0.717) is 12.1 Å². The van der Waals surface area contributed by atoms with Crippen LogP contribution in [0.4, 0.5) is 0 Å². The van der Waals surface area contributed by atoms with E-state index in [1.807, 2.05) is 6.07 Å². The summed E-state index contributed by atoms with van der Waals surface area (Å²) in [6.07, 6.45) is 9.19. The number of rotatable bonds is 7. The SMILES string of the molecule is CCNC(=NCC(c1cccc(OC)c1)N1CCCC1)NC1CC=CC1.I. The van der Waals surface area contributed by atoms with Crippen molar-refractivity contribution >= 4 is 29.9 Å². The summed E-state index contributed by atoms with van der Waals surface area (Å²) >= 11 is 0. The first-order valence-electron chi connectivity index (χ1n) is 9.88. The molecule has 0 spiro atoms. The van der Waals surface area contributed by atoms with Crippen molar-refractivity contribution in [3.8, 4) is 5.75 Å². The lowest BCUT2D eigenvalue weighted by Crippen LogP contribution is -2.43. The summed E-state index contributed by atoms with van der Waals surface area (Å²) < 4.78 is 5.43. The van der Waals surface area contributed by atoms with Gasteiger partial charge in [0.1, 0.15) is 5.75 Å². The maximum atomic E-state index is 5.43. The number of guanidine groups is 1. The topological polar surface area (TPSA) is 48.9 Å². The van der Waals surface area contributed by atoms with Crippen molar-refractivity contribution in [2.45, 2.75) is 44.7 Å². The summed E-state index contributed by atoms with van der Waals surface area (Å²) in [5, 5.41) is 6.97. The first-order valence-corrected chi connectivity index (χ1v) is 9.88. The van der Waals surface area contributed by atoms with E-state index in [-0.39, 0.29) is 24.0 Å². The molecule has 1 atom stereocenters. The molecule has 1 fully saturated rings. The second-order valence-corrected chi connectivity index (χ2v) is 7.04. The molecule has 1 saturated heterocycles. The zero-order valence-electron chi connectivity index (χ0n) is 16.5. The number of methoxy groups -OCH3 is 1. The number of halogens is 1. The Hall–Kier alpha value is -1.28. The van der Waals surface area contributed by atoms with Crippen molar-refractivity contribution in [1.82, 2.24) is 15.5 Å². The average Bonchev–Trinajstić information content (AvgIpc) is 3.36. The number of hydrogen-bond donors (Lipinski definition) is 2. The van der Waals surface area contributed by atoms with Crippen LogP contribution in [0.1, 0.15) is 44.2 Å². The Balaban J connectivity index is 0.00000261. The normalized spacial score (nSPS) is 19.0. The zero-order valence-corrected chi connectivity index (χ0v) is 18.8. The Morgan fingerprint density at radius 1 is 1.26 bits per heavy atom. The second-order valence-electron chi connectivity index (χ2n) is 7.04. The minimum atomic E-state index is 0. The van der Waals surface area contributed by atoms with Gasteiger partial charge in [-0.05, 0) is 63.4 Å². The standard InChI is InChI=1S/C21H32N4O.HI/c1-3-22-21(24-18-10-4-5-11-18)23-16-20(25-13-6-7-14-25)17-9-8-12-19(15-17)26-2;/h4-5,8-9,12,15,18,20H,3,6-7,10-11,13-14,16H2,1-2H3,(H2,22,23,24);1H. The van der Waals surface area contributed by atoms with Crippen molar-refractivity contribution < 1.29 is 4.74 Å². The molecule has 150 valence electrons. The fraction of sp³-hybridized carbons (Fsp3) is 0.571. The molecule has 27 heavy (non-hydrogen) atoms. The Labute approximate surface area is 180 Å². The maximum absolute atomic E-state index is 5.43. The monoisotopic (exact) mass is 484 g/mol. The van der Waals surface area contributed by atoms with Crippen LogP contribution in [-0.2, 0) is 0 Å². The highest BCUT2D eigenvalue weighted by atomic mass is 127. The number of nitrogens with zero attached hydrogens (tertiary/aromatic N) is 2. The van der Waals surface area contributed by atoms with E-state index in [2.05, 4.69) is 52.8 Å². The number of ether oxygens (including phenoxy) is 1. The van der Waals surface area contributed by atoms with Crippen LogP contribution in [-0.4, -0.2) is 50.2 Å². The van der Waals surface area contributed by atoms with Gasteiger partial charge < -0.3 is 15.4 Å². The van der Waals surface area contributed by atoms with Crippen LogP contribution in [0, 0.1) is 0 Å². The number of hydrogen-bond acceptors (Lipinski definition) is 3. The van der Waals surface area contributed by atoms with Gasteiger partial charge in [-0.1, -0.05) is 24.3 Å². The Morgan fingerprint density at radius 3 is 2.67 bits per heavy atom. The summed E-state index contributed by atoms with van der Waals surface area (Å²) in [6.45, 7) is 6.04. The summed E-state index contributed by atoms with van der Waals surface area (Å²) in [4.78, 5) is 7.49. The zero-order chi connectivity index (χ0) is 18.2. The fourth-order valence-electron chi connectivity index (χ4n) is 3.76. The van der Waals surface area contributed by atoms with E-state index in [4.69, 9.17) is 9.73 Å². The quantitative estimate of drug-likeness (QED) is 0.268. The molecule has 6 heteroatoms. The Morgan fingerprint density at radius 2 is 2.00 bits per heavy atom. The molecule has 0 aromatic heterocycles. The van der Waals surface area contributed by atoms with Gasteiger partial charge in [-0.25, -0.2) is 0 Å². The maximum Gasteiger partial charge on any atom is 0.191 e. The van der Waals surface area contributed by atoms with Gasteiger partial charge in [-0.15, -0.1) is 24.0 Å². The molecule has 1 aliphatic carbocycles. The third-order valence-electron chi connectivity index (χ3n) is 5.18. The van der Waals surface area contributed by atoms with E-state index >= 15 is 0 Å². The van der Waals surface area contributed by atoms with E-state index in [1.165, 1.54) is 18.4 Å². The lowest BCUT2D eigenvalue weighted by atomic mass is 10.1. The molecule has 3 rings (SSSR count). The molecule has 0 amide bonds. The largest absolute Gasteiger partial charge is 0.497 e. The van der Waals surface area contributed by atoms with Crippen molar-refractivity contribution in [1.29, 1.82) is 0 Å². The molecule has 1 aromatic carbocycles. The third kappa shape index (κ3) is 6.38. The molecular formula is C21H33IN4O. The molecule has 5 nitrogen and oxygen atoms in total. The van der Waals surface area contributed by atoms with Gasteiger partial charge in [0.25, 0.3) is 0 Å². The highest BCUT2D eigenvalue weighted by molar-refractivity contribution is 14.0. The number of likely N-dealkylation sites (tertiary alicyclic amines) is 1. The second kappa shape index (κ2) is 11.5. The van der Waals surface area contributed by atoms with Crippen molar-refractivity contribution in [3.63, 3.8) is 0 Å². The molecule has 0 bridgehead atoms. The van der Waals surface area contributed by atoms with Crippen LogP contribution in [0.3, 0.4) is 0 Å². The van der Waals surface area contributed by atoms with Crippen molar-refractivity contribution in [2.24, 2.45) is 4.99 Å². The molecule has 2 N–H and O–H groups in total. The first-order chi connectivity index (χ1) is 12.8. The van der Waals surface area contributed by atoms with E-state index in [9.17, 15) is 0 Å². The van der Waals surface area contributed by atoms with Crippen molar-refractivity contribution in [2.75, 3.05) is 33.3 Å². The number of aliphatic imine (C=N–C) groups is 1. The van der Waals surface area contributed by atoms with Gasteiger partial charge in [0, 0.05) is 12.6 Å². The van der Waals surface area contributed by atoms with Gasteiger partial charge in [0.05, 0.1) is 19.7 Å². The van der Waals surface area contributed by atoms with Gasteiger partial charge in [0.2, 0.25) is 0 Å². The van der Waals surface area contributed by atoms with Gasteiger partial charge in [-0.3, -0.25) is 9.89 Å². The molecule has 0 saturated carbocycles. The van der Waals surface area contributed by atoms with Crippen molar-refractivity contribution in [3.05, 3.63) is 42.0 Å². The van der Waals surface area contributed by atoms with E-state index in [0.717, 1.165) is 50.7 Å². The van der Waals surface area contributed by atoms with Crippen LogP contribution in [0.5, 0.6) is 5.75 Å². The molecule has 1 aliphatic heterocycles. The van der Waals surface area contributed by atoms with Crippen LogP contribution in [0.2, 0.25) is 0 Å². The first kappa shape index (κ1) is 22.0. The van der Waals surface area contributed by atoms with Crippen LogP contribution >= 0.6 is 24.0 Å². The molecule has 1 heterocycles. The van der Waals surface area contributed by atoms with E-state index in [1.54, 1.807) is 7.11 Å². The summed E-state index contributed by atoms with van der Waals surface area (Å²) in [7, 11) is 1.73. The molecule has 1 aromatic rings. The lowest BCUT2D eigenvalue weighted by Gasteiger charge is -2.27. The Bertz CT molecular complexity index is 620. The number of benzene rings is 1. The smallest absolute Gasteiger partial charge is 0.191 e. The van der Waals surface area contributed by atoms with Crippen LogP contribution < -0.4 is 15.4 Å². The Kier molecular flexibility index (Phi) is 9.41. The predicted molar refractivity (Wildman–Crippen MR) is 123 cm³/mol. The van der Waals surface area contributed by atoms with Crippen LogP contribution in [0.25, 0.3) is 0 Å². The summed E-state index contributed by atoms with van der Waals surface area (Å²) in [6, 6.07) is 9.20. The van der Waals surface area contributed by atoms with Gasteiger partial charge in [0.15, 0.2) is 5.96 Å². The van der Waals surface area contributed by atoms with E-state index < -0.39 is 0 Å². The average molecular weight is 484 g/mol. The fourth-order valence-corrected chi connectivity index (χ4v) is 3.76. The van der Waals surface area contributed by atoms with Crippen LogP contribution in [0.15, 0.2) is 41.4 Å². The van der Waals surface area contributed by atoms with Gasteiger partial charge in [-0.2, -0.15) is 0 Å². The summed E-state index contributed by atoms with van der Waals surface area (Å²) in [5.74, 6) is 1.84. The minimum absolute atomic E-state index is 0. The molecule has 1 unspecified atom stereocenters. The lowest BCUT2D eigenvalue weighted by molar-refractivity contribution is 0.251. The van der Waals surface area contributed by atoms with Gasteiger partial charge >= 0.3 is 0 Å². The predicted octanol–water partition coefficient (Wildman–Crippen LogP) is 3.72. The third-order valence-corrected chi connectivity index (χ3v) is 5.18. The molecular weight excluding hydrogens is 451 g/mol.